The molecule has 110 valence electrons. The highest BCUT2D eigenvalue weighted by Crippen LogP contribution is 2.41. The number of nitrogens with one attached hydrogen (secondary N) is 1. The maximum absolute atomic E-state index is 13.1. The van der Waals surface area contributed by atoms with Crippen molar-refractivity contribution in [3.63, 3.8) is 0 Å². The number of furan rings is 1. The number of carbonyl (C=O) groups excluding carboxylic acids is 1. The average Bonchev–Trinajstić information content (AvgIpc) is 3.21. The number of nitrogens with zero attached hydrogens (tertiary/aromatic N) is 2. The van der Waals surface area contributed by atoms with Crippen molar-refractivity contribution in [2.24, 2.45) is 0 Å². The Bertz CT molecular complexity index is 837. The second-order valence-corrected chi connectivity index (χ2v) is 5.20. The van der Waals surface area contributed by atoms with Crippen molar-refractivity contribution >= 4 is 5.91 Å². The number of hydrogen-bond acceptors (Lipinski definition) is 3. The van der Waals surface area contributed by atoms with E-state index in [0.717, 1.165) is 11.1 Å². The Morgan fingerprint density at radius 3 is 2.73 bits per heavy atom. The normalized spacial score (nSPS) is 17.1. The highest BCUT2D eigenvalue weighted by atomic mass is 19.1. The maximum atomic E-state index is 13.1. The minimum atomic E-state index is -0.337. The molecule has 1 amide bonds. The number of aromatic nitrogens is 2. The van der Waals surface area contributed by atoms with Crippen molar-refractivity contribution in [2.45, 2.75) is 6.04 Å². The number of hydrogen-bond donors (Lipinski definition) is 1. The molecule has 1 aliphatic heterocycles. The second-order valence-electron chi connectivity index (χ2n) is 5.20. The van der Waals surface area contributed by atoms with Gasteiger partial charge in [0.1, 0.15) is 23.3 Å². The van der Waals surface area contributed by atoms with E-state index in [1.807, 2.05) is 6.07 Å². The molecule has 3 aromatic rings. The van der Waals surface area contributed by atoms with Gasteiger partial charge in [-0.05, 0) is 36.4 Å². The number of carbonyl (C=O) groups is 1. The number of H-pyrrole nitrogens is 1. The van der Waals surface area contributed by atoms with E-state index in [4.69, 9.17) is 4.42 Å². The van der Waals surface area contributed by atoms with Crippen LogP contribution in [0.5, 0.6) is 0 Å². The van der Waals surface area contributed by atoms with Gasteiger partial charge in [-0.25, -0.2) is 4.39 Å². The monoisotopic (exact) mass is 297 g/mol. The van der Waals surface area contributed by atoms with E-state index in [-0.39, 0.29) is 17.8 Å². The van der Waals surface area contributed by atoms with Crippen LogP contribution in [0.2, 0.25) is 0 Å². The van der Waals surface area contributed by atoms with Crippen LogP contribution in [-0.2, 0) is 0 Å². The van der Waals surface area contributed by atoms with Crippen LogP contribution in [0.1, 0.15) is 27.9 Å². The van der Waals surface area contributed by atoms with E-state index in [2.05, 4.69) is 10.2 Å². The highest BCUT2D eigenvalue weighted by molar-refractivity contribution is 5.99. The fourth-order valence-electron chi connectivity index (χ4n) is 2.87. The molecule has 3 heterocycles. The first-order valence-corrected chi connectivity index (χ1v) is 6.81. The Balaban J connectivity index is 1.90. The van der Waals surface area contributed by atoms with Crippen molar-refractivity contribution in [1.29, 1.82) is 0 Å². The molecule has 0 radical (unpaired) electrons. The maximum Gasteiger partial charge on any atom is 0.272 e. The molecule has 5 nitrogen and oxygen atoms in total. The lowest BCUT2D eigenvalue weighted by molar-refractivity contribution is 0.0777. The quantitative estimate of drug-likeness (QED) is 0.791. The topological polar surface area (TPSA) is 62.1 Å². The highest BCUT2D eigenvalue weighted by Gasteiger charge is 2.41. The molecule has 0 saturated heterocycles. The number of fused-ring (bicyclic) bond motifs is 1. The number of aromatic amines is 1. The standard InChI is InChI=1S/C16H12FN3O2/c1-20-15(11-3-2-8-22-11)12-13(18-19-14(12)16(20)21)9-4-6-10(17)7-5-9/h2-8,15H,1H3,(H,18,19). The van der Waals surface area contributed by atoms with Crippen LogP contribution in [0.15, 0.2) is 47.1 Å². The van der Waals surface area contributed by atoms with Gasteiger partial charge in [-0.2, -0.15) is 5.10 Å². The zero-order valence-corrected chi connectivity index (χ0v) is 11.7. The van der Waals surface area contributed by atoms with E-state index in [0.29, 0.717) is 17.1 Å². The Hall–Kier alpha value is -2.89. The van der Waals surface area contributed by atoms with Crippen LogP contribution < -0.4 is 0 Å². The SMILES string of the molecule is CN1C(=O)c2[nH]nc(-c3ccc(F)cc3)c2C1c1ccco1. The van der Waals surface area contributed by atoms with E-state index in [9.17, 15) is 9.18 Å². The molecule has 1 atom stereocenters. The summed E-state index contributed by atoms with van der Waals surface area (Å²) in [7, 11) is 1.72. The smallest absolute Gasteiger partial charge is 0.272 e. The lowest BCUT2D eigenvalue weighted by Gasteiger charge is -2.19. The first-order chi connectivity index (χ1) is 10.7. The van der Waals surface area contributed by atoms with Crippen LogP contribution in [0.4, 0.5) is 4.39 Å². The molecular formula is C16H12FN3O2. The molecule has 0 aliphatic carbocycles. The third kappa shape index (κ3) is 1.70. The first kappa shape index (κ1) is 12.8. The Kier molecular flexibility index (Phi) is 2.66. The van der Waals surface area contributed by atoms with Crippen molar-refractivity contribution in [3.05, 3.63) is 65.5 Å². The summed E-state index contributed by atoms with van der Waals surface area (Å²) in [5.74, 6) is 0.211. The van der Waals surface area contributed by atoms with E-state index >= 15 is 0 Å². The molecule has 1 aromatic carbocycles. The fourth-order valence-corrected chi connectivity index (χ4v) is 2.87. The van der Waals surface area contributed by atoms with E-state index in [1.165, 1.54) is 12.1 Å². The molecule has 22 heavy (non-hydrogen) atoms. The van der Waals surface area contributed by atoms with Gasteiger partial charge in [0.2, 0.25) is 0 Å². The Morgan fingerprint density at radius 2 is 2.05 bits per heavy atom. The average molecular weight is 297 g/mol. The molecule has 1 aliphatic rings. The lowest BCUT2D eigenvalue weighted by atomic mass is 10.0. The molecule has 0 bridgehead atoms. The third-order valence-corrected chi connectivity index (χ3v) is 3.93. The molecule has 1 N–H and O–H groups in total. The van der Waals surface area contributed by atoms with Gasteiger partial charge < -0.3 is 9.32 Å². The number of halogens is 1. The minimum absolute atomic E-state index is 0.141. The summed E-state index contributed by atoms with van der Waals surface area (Å²) in [5, 5.41) is 7.04. The Morgan fingerprint density at radius 1 is 1.27 bits per heavy atom. The Labute approximate surface area is 125 Å². The molecule has 1 unspecified atom stereocenters. The summed E-state index contributed by atoms with van der Waals surface area (Å²) in [6.45, 7) is 0. The molecule has 0 fully saturated rings. The predicted octanol–water partition coefficient (Wildman–Crippen LogP) is 2.98. The summed E-state index contributed by atoms with van der Waals surface area (Å²) in [6, 6.07) is 9.31. The van der Waals surface area contributed by atoms with Gasteiger partial charge in [0, 0.05) is 18.2 Å². The minimum Gasteiger partial charge on any atom is -0.467 e. The largest absolute Gasteiger partial charge is 0.467 e. The second kappa shape index (κ2) is 4.56. The molecular weight excluding hydrogens is 285 g/mol. The van der Waals surface area contributed by atoms with Gasteiger partial charge in [-0.1, -0.05) is 0 Å². The molecule has 6 heteroatoms. The van der Waals surface area contributed by atoms with Gasteiger partial charge in [-0.3, -0.25) is 9.89 Å². The van der Waals surface area contributed by atoms with Crippen molar-refractivity contribution in [3.8, 4) is 11.3 Å². The van der Waals surface area contributed by atoms with Crippen molar-refractivity contribution < 1.29 is 13.6 Å². The van der Waals surface area contributed by atoms with Crippen LogP contribution in [0.3, 0.4) is 0 Å². The van der Waals surface area contributed by atoms with E-state index < -0.39 is 0 Å². The van der Waals surface area contributed by atoms with E-state index in [1.54, 1.807) is 36.4 Å². The summed E-state index contributed by atoms with van der Waals surface area (Å²) in [6.07, 6.45) is 1.57. The van der Waals surface area contributed by atoms with Crippen LogP contribution >= 0.6 is 0 Å². The predicted molar refractivity (Wildman–Crippen MR) is 76.6 cm³/mol. The first-order valence-electron chi connectivity index (χ1n) is 6.81. The molecule has 0 spiro atoms. The zero-order chi connectivity index (χ0) is 15.3. The summed E-state index contributed by atoms with van der Waals surface area (Å²) in [4.78, 5) is 14.0. The lowest BCUT2D eigenvalue weighted by Crippen LogP contribution is -2.24. The zero-order valence-electron chi connectivity index (χ0n) is 11.7. The van der Waals surface area contributed by atoms with Gasteiger partial charge in [-0.15, -0.1) is 0 Å². The van der Waals surface area contributed by atoms with Gasteiger partial charge in [0.05, 0.1) is 12.0 Å². The van der Waals surface area contributed by atoms with Gasteiger partial charge >= 0.3 is 0 Å². The number of amides is 1. The molecule has 4 rings (SSSR count). The van der Waals surface area contributed by atoms with Gasteiger partial charge in [0.25, 0.3) is 5.91 Å². The van der Waals surface area contributed by atoms with Crippen LogP contribution in [0, 0.1) is 5.82 Å². The number of benzene rings is 1. The van der Waals surface area contributed by atoms with Crippen LogP contribution in [-0.4, -0.2) is 28.1 Å². The van der Waals surface area contributed by atoms with Crippen molar-refractivity contribution in [1.82, 2.24) is 15.1 Å². The molecule has 2 aromatic heterocycles. The van der Waals surface area contributed by atoms with Gasteiger partial charge in [0.15, 0.2) is 0 Å². The summed E-state index contributed by atoms with van der Waals surface area (Å²) in [5.41, 5.74) is 2.59. The van der Waals surface area contributed by atoms with Crippen LogP contribution in [0.25, 0.3) is 11.3 Å². The number of rotatable bonds is 2. The summed E-state index contributed by atoms with van der Waals surface area (Å²) < 4.78 is 18.6. The molecule has 0 saturated carbocycles. The van der Waals surface area contributed by atoms with Crippen molar-refractivity contribution in [2.75, 3.05) is 7.05 Å². The fraction of sp³-hybridized carbons (Fsp3) is 0.125. The summed E-state index contributed by atoms with van der Waals surface area (Å²) >= 11 is 0. The third-order valence-electron chi connectivity index (χ3n) is 3.93.